The first kappa shape index (κ1) is 12.4. The third kappa shape index (κ3) is 3.20. The zero-order valence-corrected chi connectivity index (χ0v) is 10.5. The molecule has 1 aliphatic rings. The van der Waals surface area contributed by atoms with Gasteiger partial charge in [0.1, 0.15) is 5.82 Å². The van der Waals surface area contributed by atoms with E-state index in [-0.39, 0.29) is 5.82 Å². The van der Waals surface area contributed by atoms with Gasteiger partial charge in [0.25, 0.3) is 0 Å². The number of halogens is 2. The second-order valence-corrected chi connectivity index (χ2v) is 4.77. The number of rotatable bonds is 3. The Bertz CT molecular complexity index is 400. The minimum atomic E-state index is -0.150. The van der Waals surface area contributed by atoms with Crippen molar-refractivity contribution < 1.29 is 4.39 Å². The van der Waals surface area contributed by atoms with Crippen LogP contribution >= 0.6 is 11.6 Å². The summed E-state index contributed by atoms with van der Waals surface area (Å²) in [5.74, 6) is -0.150. The summed E-state index contributed by atoms with van der Waals surface area (Å²) in [4.78, 5) is 4.30. The van der Waals surface area contributed by atoms with Gasteiger partial charge in [-0.1, -0.05) is 30.3 Å². The third-order valence-corrected chi connectivity index (χ3v) is 3.08. The lowest BCUT2D eigenvalue weighted by Gasteiger charge is -2.36. The Kier molecular flexibility index (Phi) is 4.02. The van der Waals surface area contributed by atoms with Crippen LogP contribution in [0.3, 0.4) is 0 Å². The van der Waals surface area contributed by atoms with E-state index in [9.17, 15) is 4.39 Å². The number of hydrogen-bond acceptors (Lipinski definition) is 2. The van der Waals surface area contributed by atoms with Gasteiger partial charge in [-0.3, -0.25) is 4.90 Å². The van der Waals surface area contributed by atoms with Gasteiger partial charge in [-0.05, 0) is 12.1 Å². The van der Waals surface area contributed by atoms with Gasteiger partial charge in [0, 0.05) is 37.8 Å². The summed E-state index contributed by atoms with van der Waals surface area (Å²) >= 11 is 5.78. The van der Waals surface area contributed by atoms with Crippen LogP contribution in [0.2, 0.25) is 0 Å². The molecule has 0 amide bonds. The lowest BCUT2D eigenvalue weighted by Crippen LogP contribution is -2.46. The van der Waals surface area contributed by atoms with Gasteiger partial charge in [0.05, 0.1) is 5.69 Å². The largest absolute Gasteiger partial charge is 0.367 e. The van der Waals surface area contributed by atoms with Crippen molar-refractivity contribution in [3.05, 3.63) is 41.7 Å². The summed E-state index contributed by atoms with van der Waals surface area (Å²) in [6.45, 7) is 7.83. The van der Waals surface area contributed by atoms with Crippen LogP contribution in [-0.4, -0.2) is 37.6 Å². The summed E-state index contributed by atoms with van der Waals surface area (Å²) < 4.78 is 13.6. The third-order valence-electron chi connectivity index (χ3n) is 2.96. The highest BCUT2D eigenvalue weighted by Crippen LogP contribution is 2.20. The van der Waals surface area contributed by atoms with Gasteiger partial charge in [-0.25, -0.2) is 4.39 Å². The summed E-state index contributed by atoms with van der Waals surface area (Å²) in [6, 6.07) is 6.91. The molecule has 0 saturated carbocycles. The predicted octanol–water partition coefficient (Wildman–Crippen LogP) is 2.70. The number of nitrogens with zero attached hydrogens (tertiary/aromatic N) is 2. The van der Waals surface area contributed by atoms with E-state index >= 15 is 0 Å². The molecular weight excluding hydrogens is 239 g/mol. The average molecular weight is 255 g/mol. The number of hydrogen-bond donors (Lipinski definition) is 0. The number of anilines is 1. The molecule has 1 aliphatic heterocycles. The van der Waals surface area contributed by atoms with Crippen molar-refractivity contribution in [3.8, 4) is 0 Å². The van der Waals surface area contributed by atoms with E-state index < -0.39 is 0 Å². The van der Waals surface area contributed by atoms with Crippen molar-refractivity contribution in [2.24, 2.45) is 0 Å². The molecule has 4 heteroatoms. The van der Waals surface area contributed by atoms with E-state index in [1.54, 1.807) is 6.07 Å². The summed E-state index contributed by atoms with van der Waals surface area (Å²) in [7, 11) is 0. The highest BCUT2D eigenvalue weighted by atomic mass is 35.5. The first-order valence-corrected chi connectivity index (χ1v) is 6.10. The topological polar surface area (TPSA) is 6.48 Å². The Hall–Kier alpha value is -1.06. The molecule has 2 nitrogen and oxygen atoms in total. The summed E-state index contributed by atoms with van der Waals surface area (Å²) in [5.41, 5.74) is 0.692. The molecule has 0 radical (unpaired) electrons. The van der Waals surface area contributed by atoms with E-state index in [1.165, 1.54) is 6.07 Å². The highest BCUT2D eigenvalue weighted by Gasteiger charge is 2.18. The Morgan fingerprint density at radius 2 is 1.88 bits per heavy atom. The molecule has 0 atom stereocenters. The lowest BCUT2D eigenvalue weighted by atomic mass is 10.2. The van der Waals surface area contributed by atoms with Crippen LogP contribution in [0.4, 0.5) is 10.1 Å². The van der Waals surface area contributed by atoms with Crippen molar-refractivity contribution in [3.63, 3.8) is 0 Å². The van der Waals surface area contributed by atoms with E-state index in [0.717, 1.165) is 26.2 Å². The Morgan fingerprint density at radius 1 is 1.24 bits per heavy atom. The SMILES string of the molecule is C=C(Cl)CN1CCN(c2ccccc2F)CC1. The molecule has 0 aliphatic carbocycles. The van der Waals surface area contributed by atoms with Gasteiger partial charge in [0.2, 0.25) is 0 Å². The molecular formula is C13H16ClFN2. The van der Waals surface area contributed by atoms with Crippen LogP contribution in [0.1, 0.15) is 0 Å². The Morgan fingerprint density at radius 3 is 2.47 bits per heavy atom. The van der Waals surface area contributed by atoms with Gasteiger partial charge < -0.3 is 4.90 Å². The van der Waals surface area contributed by atoms with Crippen molar-refractivity contribution in [2.45, 2.75) is 0 Å². The Labute approximate surface area is 106 Å². The van der Waals surface area contributed by atoms with Crippen molar-refractivity contribution in [1.29, 1.82) is 0 Å². The quantitative estimate of drug-likeness (QED) is 0.818. The predicted molar refractivity (Wildman–Crippen MR) is 70.0 cm³/mol. The van der Waals surface area contributed by atoms with Crippen LogP contribution in [0.15, 0.2) is 35.9 Å². The summed E-state index contributed by atoms with van der Waals surface area (Å²) in [6.07, 6.45) is 0. The standard InChI is InChI=1S/C13H16ClFN2/c1-11(14)10-16-6-8-17(9-7-16)13-5-3-2-4-12(13)15/h2-5H,1,6-10H2. The maximum Gasteiger partial charge on any atom is 0.146 e. The van der Waals surface area contributed by atoms with E-state index in [2.05, 4.69) is 16.4 Å². The average Bonchev–Trinajstić information content (AvgIpc) is 2.30. The molecule has 1 aromatic carbocycles. The second kappa shape index (κ2) is 5.52. The fourth-order valence-corrected chi connectivity index (χ4v) is 2.27. The van der Waals surface area contributed by atoms with Crippen LogP contribution in [-0.2, 0) is 0 Å². The lowest BCUT2D eigenvalue weighted by molar-refractivity contribution is 0.281. The molecule has 17 heavy (non-hydrogen) atoms. The second-order valence-electron chi connectivity index (χ2n) is 4.23. The number of para-hydroxylation sites is 1. The van der Waals surface area contributed by atoms with Gasteiger partial charge in [0.15, 0.2) is 0 Å². The van der Waals surface area contributed by atoms with Gasteiger partial charge in [-0.15, -0.1) is 0 Å². The molecule has 0 spiro atoms. The first-order valence-electron chi connectivity index (χ1n) is 5.72. The normalized spacial score (nSPS) is 17.2. The molecule has 92 valence electrons. The van der Waals surface area contributed by atoms with Crippen LogP contribution in [0, 0.1) is 5.82 Å². The van der Waals surface area contributed by atoms with Crippen LogP contribution in [0.5, 0.6) is 0 Å². The maximum absolute atomic E-state index is 13.6. The fourth-order valence-electron chi connectivity index (χ4n) is 2.10. The Balaban J connectivity index is 1.95. The monoisotopic (exact) mass is 254 g/mol. The molecule has 1 saturated heterocycles. The van der Waals surface area contributed by atoms with Crippen LogP contribution in [0.25, 0.3) is 0 Å². The molecule has 0 bridgehead atoms. The minimum absolute atomic E-state index is 0.150. The molecule has 1 heterocycles. The number of benzene rings is 1. The van der Waals surface area contributed by atoms with Crippen molar-refractivity contribution in [2.75, 3.05) is 37.6 Å². The molecule has 1 fully saturated rings. The van der Waals surface area contributed by atoms with E-state index in [0.29, 0.717) is 17.3 Å². The molecule has 0 aromatic heterocycles. The smallest absolute Gasteiger partial charge is 0.146 e. The maximum atomic E-state index is 13.6. The number of piperazine rings is 1. The van der Waals surface area contributed by atoms with Crippen molar-refractivity contribution in [1.82, 2.24) is 4.90 Å². The summed E-state index contributed by atoms with van der Waals surface area (Å²) in [5, 5.41) is 0.657. The van der Waals surface area contributed by atoms with E-state index in [4.69, 9.17) is 11.6 Å². The zero-order chi connectivity index (χ0) is 12.3. The van der Waals surface area contributed by atoms with Crippen LogP contribution < -0.4 is 4.90 Å². The first-order chi connectivity index (χ1) is 8.16. The van der Waals surface area contributed by atoms with Crippen molar-refractivity contribution >= 4 is 17.3 Å². The minimum Gasteiger partial charge on any atom is -0.367 e. The molecule has 0 unspecified atom stereocenters. The fraction of sp³-hybridized carbons (Fsp3) is 0.385. The molecule has 0 N–H and O–H groups in total. The van der Waals surface area contributed by atoms with Gasteiger partial charge in [-0.2, -0.15) is 0 Å². The highest BCUT2D eigenvalue weighted by molar-refractivity contribution is 6.29. The molecule has 1 aromatic rings. The van der Waals surface area contributed by atoms with E-state index in [1.807, 2.05) is 12.1 Å². The van der Waals surface area contributed by atoms with Gasteiger partial charge >= 0.3 is 0 Å². The molecule has 2 rings (SSSR count). The zero-order valence-electron chi connectivity index (χ0n) is 9.70.